The predicted octanol–water partition coefficient (Wildman–Crippen LogP) is 1.60. The number of hydrogen-bond donors (Lipinski definition) is 1. The number of hydrogen-bond acceptors (Lipinski definition) is 3. The number of anilines is 1. The zero-order valence-electron chi connectivity index (χ0n) is 7.16. The van der Waals surface area contributed by atoms with Gasteiger partial charge in [0.2, 0.25) is 5.95 Å². The van der Waals surface area contributed by atoms with Crippen LogP contribution in [0.25, 0.3) is 0 Å². The van der Waals surface area contributed by atoms with E-state index >= 15 is 0 Å². The highest BCUT2D eigenvalue weighted by atomic mass is 32.2. The van der Waals surface area contributed by atoms with Crippen LogP contribution in [-0.2, 0) is 0 Å². The van der Waals surface area contributed by atoms with Crippen molar-refractivity contribution < 1.29 is 0 Å². The summed E-state index contributed by atoms with van der Waals surface area (Å²) >= 11 is 2.02. The molecule has 12 heavy (non-hydrogen) atoms. The quantitative estimate of drug-likeness (QED) is 0.755. The molecule has 1 atom stereocenters. The summed E-state index contributed by atoms with van der Waals surface area (Å²) < 4.78 is 2.24. The van der Waals surface area contributed by atoms with Crippen molar-refractivity contribution in [2.24, 2.45) is 0 Å². The third kappa shape index (κ3) is 1.31. The molecule has 1 aromatic heterocycles. The smallest absolute Gasteiger partial charge is 0.202 e. The number of imidazole rings is 1. The minimum Gasteiger partial charge on any atom is -0.359 e. The molecule has 1 unspecified atom stereocenters. The highest BCUT2D eigenvalue weighted by molar-refractivity contribution is 7.99. The molecular formula is C8H13N3S. The fourth-order valence-corrected chi connectivity index (χ4v) is 2.75. The first-order chi connectivity index (χ1) is 5.92. The standard InChI is InChI=1S/C8H13N3S/c1-9-8-10-3-4-11(8)7-2-5-12-6-7/h3-4,7H,2,5-6H2,1H3,(H,9,10). The zero-order chi connectivity index (χ0) is 8.39. The van der Waals surface area contributed by atoms with Gasteiger partial charge in [-0.05, 0) is 12.2 Å². The monoisotopic (exact) mass is 183 g/mol. The van der Waals surface area contributed by atoms with E-state index in [0.717, 1.165) is 5.95 Å². The predicted molar refractivity (Wildman–Crippen MR) is 52.8 cm³/mol. The Labute approximate surface area is 76.6 Å². The van der Waals surface area contributed by atoms with E-state index in [-0.39, 0.29) is 0 Å². The lowest BCUT2D eigenvalue weighted by molar-refractivity contribution is 0.566. The summed E-state index contributed by atoms with van der Waals surface area (Å²) in [7, 11) is 1.92. The Balaban J connectivity index is 2.19. The highest BCUT2D eigenvalue weighted by Gasteiger charge is 2.18. The van der Waals surface area contributed by atoms with Crippen LogP contribution in [0.5, 0.6) is 0 Å². The van der Waals surface area contributed by atoms with Crippen LogP contribution in [0.3, 0.4) is 0 Å². The van der Waals surface area contributed by atoms with E-state index in [9.17, 15) is 0 Å². The van der Waals surface area contributed by atoms with Crippen LogP contribution in [-0.4, -0.2) is 28.1 Å². The van der Waals surface area contributed by atoms with Gasteiger partial charge in [-0.1, -0.05) is 0 Å². The van der Waals surface area contributed by atoms with Crippen LogP contribution in [0.2, 0.25) is 0 Å². The molecule has 1 aliphatic rings. The molecule has 1 aliphatic heterocycles. The van der Waals surface area contributed by atoms with Crippen LogP contribution in [0.1, 0.15) is 12.5 Å². The molecule has 0 aliphatic carbocycles. The Hall–Kier alpha value is -0.640. The number of nitrogens with one attached hydrogen (secondary N) is 1. The van der Waals surface area contributed by atoms with Crippen LogP contribution in [0, 0.1) is 0 Å². The molecule has 0 bridgehead atoms. The number of thioether (sulfide) groups is 1. The summed E-state index contributed by atoms with van der Waals surface area (Å²) in [6, 6.07) is 0.653. The second-order valence-electron chi connectivity index (χ2n) is 2.93. The summed E-state index contributed by atoms with van der Waals surface area (Å²) in [5.74, 6) is 3.50. The fraction of sp³-hybridized carbons (Fsp3) is 0.625. The Morgan fingerprint density at radius 1 is 1.75 bits per heavy atom. The van der Waals surface area contributed by atoms with Crippen molar-refractivity contribution in [2.45, 2.75) is 12.5 Å². The lowest BCUT2D eigenvalue weighted by Crippen LogP contribution is -2.10. The van der Waals surface area contributed by atoms with Gasteiger partial charge in [-0.25, -0.2) is 4.98 Å². The maximum Gasteiger partial charge on any atom is 0.202 e. The summed E-state index contributed by atoms with van der Waals surface area (Å²) in [6.07, 6.45) is 5.19. The summed E-state index contributed by atoms with van der Waals surface area (Å²) in [4.78, 5) is 4.22. The third-order valence-corrected chi connectivity index (χ3v) is 3.34. The zero-order valence-corrected chi connectivity index (χ0v) is 7.97. The van der Waals surface area contributed by atoms with Crippen LogP contribution >= 0.6 is 11.8 Å². The molecule has 1 aromatic rings. The van der Waals surface area contributed by atoms with Crippen molar-refractivity contribution in [2.75, 3.05) is 23.9 Å². The van der Waals surface area contributed by atoms with Gasteiger partial charge in [0.25, 0.3) is 0 Å². The number of rotatable bonds is 2. The van der Waals surface area contributed by atoms with E-state index in [2.05, 4.69) is 21.1 Å². The van der Waals surface area contributed by atoms with E-state index in [4.69, 9.17) is 0 Å². The summed E-state index contributed by atoms with van der Waals surface area (Å²) in [5.41, 5.74) is 0. The van der Waals surface area contributed by atoms with E-state index in [0.29, 0.717) is 6.04 Å². The van der Waals surface area contributed by atoms with Crippen molar-refractivity contribution in [1.82, 2.24) is 9.55 Å². The van der Waals surface area contributed by atoms with Gasteiger partial charge in [0.15, 0.2) is 0 Å². The molecule has 0 amide bonds. The molecule has 2 heterocycles. The van der Waals surface area contributed by atoms with E-state index < -0.39 is 0 Å². The Bertz CT molecular complexity index is 253. The SMILES string of the molecule is CNc1nccn1C1CCSC1. The summed E-state index contributed by atoms with van der Waals surface area (Å²) in [5, 5.41) is 3.10. The van der Waals surface area contributed by atoms with Crippen molar-refractivity contribution in [3.8, 4) is 0 Å². The van der Waals surface area contributed by atoms with Crippen LogP contribution in [0.15, 0.2) is 12.4 Å². The van der Waals surface area contributed by atoms with Crippen molar-refractivity contribution in [1.29, 1.82) is 0 Å². The second kappa shape index (κ2) is 3.39. The van der Waals surface area contributed by atoms with Crippen LogP contribution in [0.4, 0.5) is 5.95 Å². The maximum atomic E-state index is 4.22. The molecular weight excluding hydrogens is 170 g/mol. The molecule has 4 heteroatoms. The molecule has 0 saturated carbocycles. The molecule has 0 radical (unpaired) electrons. The Morgan fingerprint density at radius 2 is 2.67 bits per heavy atom. The third-order valence-electron chi connectivity index (χ3n) is 2.19. The lowest BCUT2D eigenvalue weighted by Gasteiger charge is -2.12. The van der Waals surface area contributed by atoms with Gasteiger partial charge in [-0.2, -0.15) is 11.8 Å². The molecule has 0 spiro atoms. The van der Waals surface area contributed by atoms with Gasteiger partial charge < -0.3 is 9.88 Å². The van der Waals surface area contributed by atoms with Crippen molar-refractivity contribution >= 4 is 17.7 Å². The Morgan fingerprint density at radius 3 is 3.33 bits per heavy atom. The largest absolute Gasteiger partial charge is 0.359 e. The van der Waals surface area contributed by atoms with Gasteiger partial charge in [0.05, 0.1) is 0 Å². The van der Waals surface area contributed by atoms with Crippen molar-refractivity contribution in [3.05, 3.63) is 12.4 Å². The first-order valence-electron chi connectivity index (χ1n) is 4.20. The average Bonchev–Trinajstić information content (AvgIpc) is 2.74. The van der Waals surface area contributed by atoms with Gasteiger partial charge in [0.1, 0.15) is 0 Å². The minimum atomic E-state index is 0.653. The molecule has 1 N–H and O–H groups in total. The van der Waals surface area contributed by atoms with E-state index in [1.807, 2.05) is 25.0 Å². The topological polar surface area (TPSA) is 29.9 Å². The minimum absolute atomic E-state index is 0.653. The Kier molecular flexibility index (Phi) is 2.26. The molecule has 1 fully saturated rings. The van der Waals surface area contributed by atoms with Gasteiger partial charge in [-0.15, -0.1) is 0 Å². The van der Waals surface area contributed by atoms with E-state index in [1.54, 1.807) is 0 Å². The lowest BCUT2D eigenvalue weighted by atomic mass is 10.2. The van der Waals surface area contributed by atoms with Gasteiger partial charge >= 0.3 is 0 Å². The average molecular weight is 183 g/mol. The number of nitrogens with zero attached hydrogens (tertiary/aromatic N) is 2. The number of aromatic nitrogens is 2. The molecule has 3 nitrogen and oxygen atoms in total. The van der Waals surface area contributed by atoms with Gasteiger partial charge in [0, 0.05) is 31.2 Å². The second-order valence-corrected chi connectivity index (χ2v) is 4.08. The van der Waals surface area contributed by atoms with Crippen molar-refractivity contribution in [3.63, 3.8) is 0 Å². The first-order valence-corrected chi connectivity index (χ1v) is 5.35. The van der Waals surface area contributed by atoms with E-state index in [1.165, 1.54) is 17.9 Å². The maximum absolute atomic E-state index is 4.22. The highest BCUT2D eigenvalue weighted by Crippen LogP contribution is 2.29. The molecule has 2 rings (SSSR count). The van der Waals surface area contributed by atoms with Gasteiger partial charge in [-0.3, -0.25) is 0 Å². The molecule has 1 saturated heterocycles. The first kappa shape index (κ1) is 7.98. The normalized spacial score (nSPS) is 22.9. The molecule has 0 aromatic carbocycles. The fourth-order valence-electron chi connectivity index (χ4n) is 1.54. The summed E-state index contributed by atoms with van der Waals surface area (Å²) in [6.45, 7) is 0. The van der Waals surface area contributed by atoms with Crippen LogP contribution < -0.4 is 5.32 Å². The molecule has 66 valence electrons.